The molecule has 186 valence electrons. The minimum absolute atomic E-state index is 0.0715. The number of hydrogen-bond acceptors (Lipinski definition) is 5. The van der Waals surface area contributed by atoms with Gasteiger partial charge in [-0.05, 0) is 42.0 Å². The van der Waals surface area contributed by atoms with E-state index in [0.717, 1.165) is 11.6 Å². The molecular formula is C26H21FN6O4. The highest BCUT2D eigenvalue weighted by Crippen LogP contribution is 2.19. The van der Waals surface area contributed by atoms with Crippen molar-refractivity contribution in [3.8, 4) is 6.07 Å². The van der Waals surface area contributed by atoms with E-state index in [4.69, 9.17) is 10.4 Å². The number of halogens is 1. The summed E-state index contributed by atoms with van der Waals surface area (Å²) in [5, 5.41) is 30.7. The Hall–Kier alpha value is -5.24. The van der Waals surface area contributed by atoms with Gasteiger partial charge in [0, 0.05) is 18.5 Å². The van der Waals surface area contributed by atoms with Gasteiger partial charge in [-0.2, -0.15) is 10.4 Å². The van der Waals surface area contributed by atoms with E-state index < -0.39 is 17.8 Å². The highest BCUT2D eigenvalue weighted by Gasteiger charge is 2.18. The molecule has 0 aliphatic rings. The minimum atomic E-state index is -1.03. The van der Waals surface area contributed by atoms with Crippen molar-refractivity contribution in [1.82, 2.24) is 20.4 Å². The molecule has 3 amide bonds. The lowest BCUT2D eigenvalue weighted by Crippen LogP contribution is -2.33. The molecule has 11 heteroatoms. The van der Waals surface area contributed by atoms with E-state index in [1.54, 1.807) is 36.4 Å². The summed E-state index contributed by atoms with van der Waals surface area (Å²) in [6, 6.07) is 18.2. The van der Waals surface area contributed by atoms with Crippen molar-refractivity contribution in [2.45, 2.75) is 13.1 Å². The number of nitriles is 1. The van der Waals surface area contributed by atoms with Crippen molar-refractivity contribution in [1.29, 1.82) is 5.26 Å². The third kappa shape index (κ3) is 5.88. The van der Waals surface area contributed by atoms with E-state index in [2.05, 4.69) is 21.0 Å². The molecule has 3 aromatic carbocycles. The normalized spacial score (nSPS) is 10.5. The number of rotatable bonds is 8. The number of carbonyl (C=O) groups excluding carboxylic acids is 2. The van der Waals surface area contributed by atoms with Gasteiger partial charge >= 0.3 is 12.0 Å². The van der Waals surface area contributed by atoms with Crippen LogP contribution in [0.15, 0.2) is 66.7 Å². The predicted molar refractivity (Wildman–Crippen MR) is 132 cm³/mol. The first kappa shape index (κ1) is 24.9. The van der Waals surface area contributed by atoms with E-state index in [1.807, 2.05) is 6.07 Å². The first-order valence-corrected chi connectivity index (χ1v) is 11.2. The Balaban J connectivity index is 1.41. The van der Waals surface area contributed by atoms with Gasteiger partial charge in [0.1, 0.15) is 11.5 Å². The van der Waals surface area contributed by atoms with Crippen LogP contribution in [0.1, 0.15) is 32.0 Å². The first-order valence-electron chi connectivity index (χ1n) is 11.2. The van der Waals surface area contributed by atoms with Crippen molar-refractivity contribution in [2.75, 3.05) is 11.9 Å². The molecule has 4 N–H and O–H groups in total. The molecule has 4 rings (SSSR count). The number of aromatic carboxylic acids is 1. The van der Waals surface area contributed by atoms with Gasteiger partial charge in [0.2, 0.25) is 0 Å². The lowest BCUT2D eigenvalue weighted by atomic mass is 10.1. The number of nitrogens with one attached hydrogen (secondary N) is 3. The Morgan fingerprint density at radius 1 is 1.03 bits per heavy atom. The van der Waals surface area contributed by atoms with Crippen LogP contribution in [0.3, 0.4) is 0 Å². The molecular weight excluding hydrogens is 479 g/mol. The average Bonchev–Trinajstić information content (AvgIpc) is 3.27. The summed E-state index contributed by atoms with van der Waals surface area (Å²) < 4.78 is 15.5. The largest absolute Gasteiger partial charge is 0.478 e. The third-order valence-corrected chi connectivity index (χ3v) is 5.47. The van der Waals surface area contributed by atoms with Gasteiger partial charge in [-0.25, -0.2) is 14.0 Å². The smallest absolute Gasteiger partial charge is 0.335 e. The molecule has 0 bridgehead atoms. The average molecular weight is 500 g/mol. The second-order valence-corrected chi connectivity index (χ2v) is 7.96. The molecule has 10 nitrogen and oxygen atoms in total. The van der Waals surface area contributed by atoms with Gasteiger partial charge in [-0.1, -0.05) is 30.3 Å². The minimum Gasteiger partial charge on any atom is -0.478 e. The Morgan fingerprint density at radius 2 is 1.78 bits per heavy atom. The lowest BCUT2D eigenvalue weighted by Gasteiger charge is -2.11. The Labute approximate surface area is 210 Å². The number of aromatic nitrogens is 2. The maximum atomic E-state index is 14.0. The number of carbonyl (C=O) groups is 3. The van der Waals surface area contributed by atoms with Crippen molar-refractivity contribution < 1.29 is 23.9 Å². The molecule has 37 heavy (non-hydrogen) atoms. The number of carboxylic acid groups (broad SMARTS) is 1. The monoisotopic (exact) mass is 500 g/mol. The third-order valence-electron chi connectivity index (χ3n) is 5.47. The maximum Gasteiger partial charge on any atom is 0.335 e. The van der Waals surface area contributed by atoms with Crippen molar-refractivity contribution in [3.63, 3.8) is 0 Å². The van der Waals surface area contributed by atoms with Crippen LogP contribution in [-0.4, -0.2) is 39.3 Å². The zero-order valence-electron chi connectivity index (χ0n) is 19.4. The van der Waals surface area contributed by atoms with Crippen LogP contribution in [0, 0.1) is 17.1 Å². The Bertz CT molecular complexity index is 1520. The highest BCUT2D eigenvalue weighted by molar-refractivity contribution is 6.05. The molecule has 4 aromatic rings. The Kier molecular flexibility index (Phi) is 7.40. The number of carboxylic acids is 1. The van der Waals surface area contributed by atoms with Crippen molar-refractivity contribution >= 4 is 34.5 Å². The number of hydrogen-bond donors (Lipinski definition) is 4. The van der Waals surface area contributed by atoms with Crippen molar-refractivity contribution in [3.05, 3.63) is 94.9 Å². The molecule has 0 aliphatic heterocycles. The fourth-order valence-corrected chi connectivity index (χ4v) is 3.64. The van der Waals surface area contributed by atoms with Gasteiger partial charge in [0.05, 0.1) is 34.9 Å². The molecule has 0 saturated carbocycles. The van der Waals surface area contributed by atoms with E-state index in [1.165, 1.54) is 28.9 Å². The SMILES string of the molecule is N#Cc1ccc(NC(=O)NCCn2nc3ccccc3c2C(=O)NCc2ccc(C(=O)O)cc2)c(F)c1. The summed E-state index contributed by atoms with van der Waals surface area (Å²) in [7, 11) is 0. The molecule has 0 aliphatic carbocycles. The summed E-state index contributed by atoms with van der Waals surface area (Å²) >= 11 is 0. The standard InChI is InChI=1S/C26H21FN6O4/c27-20-13-17(14-28)7-10-22(20)31-26(37)29-11-12-33-23(19-3-1-2-4-21(19)32-33)24(34)30-15-16-5-8-18(9-6-16)25(35)36/h1-10,13H,11-12,15H2,(H,30,34)(H,35,36)(H2,29,31,37). The summed E-state index contributed by atoms with van der Waals surface area (Å²) in [6.07, 6.45) is 0. The predicted octanol–water partition coefficient (Wildman–Crippen LogP) is 3.50. The molecule has 0 atom stereocenters. The van der Waals surface area contributed by atoms with E-state index in [-0.39, 0.29) is 42.4 Å². The number of urea groups is 1. The summed E-state index contributed by atoms with van der Waals surface area (Å²) in [4.78, 5) is 36.3. The molecule has 1 aromatic heterocycles. The van der Waals surface area contributed by atoms with Crippen LogP contribution >= 0.6 is 0 Å². The van der Waals surface area contributed by atoms with Crippen LogP contribution in [0.5, 0.6) is 0 Å². The number of fused-ring (bicyclic) bond motifs is 1. The molecule has 0 unspecified atom stereocenters. The number of amides is 3. The molecule has 0 fully saturated rings. The number of benzene rings is 3. The Morgan fingerprint density at radius 3 is 2.49 bits per heavy atom. The van der Waals surface area contributed by atoms with Crippen LogP contribution in [0.2, 0.25) is 0 Å². The number of anilines is 1. The highest BCUT2D eigenvalue weighted by atomic mass is 19.1. The second kappa shape index (κ2) is 11.0. The van der Waals surface area contributed by atoms with E-state index >= 15 is 0 Å². The van der Waals surface area contributed by atoms with Crippen molar-refractivity contribution in [2.24, 2.45) is 0 Å². The first-order chi connectivity index (χ1) is 17.9. The fraction of sp³-hybridized carbons (Fsp3) is 0.115. The van der Waals surface area contributed by atoms with Gasteiger partial charge in [0.15, 0.2) is 0 Å². The van der Waals surface area contributed by atoms with Gasteiger partial charge < -0.3 is 21.1 Å². The fourth-order valence-electron chi connectivity index (χ4n) is 3.64. The maximum absolute atomic E-state index is 14.0. The van der Waals surface area contributed by atoms with Gasteiger partial charge in [0.25, 0.3) is 5.91 Å². The number of nitrogens with zero attached hydrogens (tertiary/aromatic N) is 3. The second-order valence-electron chi connectivity index (χ2n) is 7.96. The molecule has 0 radical (unpaired) electrons. The van der Waals surface area contributed by atoms with Crippen LogP contribution in [-0.2, 0) is 13.1 Å². The van der Waals surface area contributed by atoms with E-state index in [9.17, 15) is 18.8 Å². The van der Waals surface area contributed by atoms with Crippen LogP contribution in [0.25, 0.3) is 10.9 Å². The topological polar surface area (TPSA) is 149 Å². The zero-order chi connectivity index (χ0) is 26.4. The van der Waals surface area contributed by atoms with Crippen LogP contribution in [0.4, 0.5) is 14.9 Å². The van der Waals surface area contributed by atoms with E-state index in [0.29, 0.717) is 16.6 Å². The quantitative estimate of drug-likeness (QED) is 0.291. The molecule has 0 spiro atoms. The molecule has 1 heterocycles. The summed E-state index contributed by atoms with van der Waals surface area (Å²) in [5.41, 5.74) is 1.84. The summed E-state index contributed by atoms with van der Waals surface area (Å²) in [5.74, 6) is -2.15. The van der Waals surface area contributed by atoms with Crippen LogP contribution < -0.4 is 16.0 Å². The zero-order valence-corrected chi connectivity index (χ0v) is 19.4. The lowest BCUT2D eigenvalue weighted by molar-refractivity contribution is 0.0696. The van der Waals surface area contributed by atoms with Gasteiger partial charge in [-0.15, -0.1) is 0 Å². The van der Waals surface area contributed by atoms with Gasteiger partial charge in [-0.3, -0.25) is 9.48 Å². The summed E-state index contributed by atoms with van der Waals surface area (Å²) in [6.45, 7) is 0.428. The molecule has 0 saturated heterocycles.